The van der Waals surface area contributed by atoms with Gasteiger partial charge in [-0.15, -0.1) is 5.10 Å². The molecule has 0 amide bonds. The van der Waals surface area contributed by atoms with Crippen LogP contribution in [-0.2, 0) is 6.54 Å². The van der Waals surface area contributed by atoms with Crippen LogP contribution in [0.5, 0.6) is 0 Å². The van der Waals surface area contributed by atoms with Gasteiger partial charge in [-0.1, -0.05) is 17.3 Å². The van der Waals surface area contributed by atoms with Crippen LogP contribution in [0, 0.1) is 18.7 Å². The fourth-order valence-electron chi connectivity index (χ4n) is 3.53. The quantitative estimate of drug-likeness (QED) is 0.742. The van der Waals surface area contributed by atoms with Crippen LogP contribution in [0.25, 0.3) is 10.9 Å². The minimum absolute atomic E-state index is 0.251. The summed E-state index contributed by atoms with van der Waals surface area (Å²) in [6.07, 6.45) is 5.82. The lowest BCUT2D eigenvalue weighted by molar-refractivity contribution is 0.339. The second-order valence-electron chi connectivity index (χ2n) is 6.47. The van der Waals surface area contributed by atoms with Crippen molar-refractivity contribution >= 4 is 16.6 Å². The van der Waals surface area contributed by atoms with Crippen LogP contribution in [-0.4, -0.2) is 33.1 Å². The van der Waals surface area contributed by atoms with Crippen molar-refractivity contribution in [3.63, 3.8) is 0 Å². The zero-order valence-corrected chi connectivity index (χ0v) is 13.7. The molecule has 0 saturated carbocycles. The summed E-state index contributed by atoms with van der Waals surface area (Å²) in [4.78, 5) is 6.73. The lowest BCUT2D eigenvalue weighted by atomic mass is 9.96. The minimum atomic E-state index is -0.251. The highest BCUT2D eigenvalue weighted by Gasteiger charge is 2.22. The van der Waals surface area contributed by atoms with Crippen LogP contribution in [0.3, 0.4) is 0 Å². The molecule has 6 heteroatoms. The van der Waals surface area contributed by atoms with Gasteiger partial charge in [0.1, 0.15) is 11.3 Å². The summed E-state index contributed by atoms with van der Waals surface area (Å²) in [6.45, 7) is 4.77. The molecule has 5 nitrogen and oxygen atoms in total. The number of piperidine rings is 1. The van der Waals surface area contributed by atoms with Gasteiger partial charge >= 0.3 is 0 Å². The molecule has 0 radical (unpaired) electrons. The zero-order chi connectivity index (χ0) is 16.5. The SMILES string of the molecule is Cc1cc(N2CCC(Cn3ccnn3)CC2)c2cccc(F)c2n1. The van der Waals surface area contributed by atoms with Crippen molar-refractivity contribution in [2.45, 2.75) is 26.3 Å². The number of benzene rings is 1. The minimum Gasteiger partial charge on any atom is -0.371 e. The Balaban J connectivity index is 1.55. The normalized spacial score (nSPS) is 16.0. The number of pyridine rings is 1. The van der Waals surface area contributed by atoms with E-state index in [1.807, 2.05) is 23.9 Å². The molecular weight excluding hydrogens is 305 g/mol. The molecule has 4 rings (SSSR count). The van der Waals surface area contributed by atoms with Crippen molar-refractivity contribution in [3.05, 3.63) is 48.2 Å². The lowest BCUT2D eigenvalue weighted by Crippen LogP contribution is -2.35. The molecule has 1 aromatic carbocycles. The molecule has 1 saturated heterocycles. The number of nitrogens with zero attached hydrogens (tertiary/aromatic N) is 5. The largest absolute Gasteiger partial charge is 0.371 e. The molecule has 0 unspecified atom stereocenters. The Kier molecular flexibility index (Phi) is 3.88. The molecule has 0 aliphatic carbocycles. The van der Waals surface area contributed by atoms with Gasteiger partial charge in [0, 0.05) is 42.6 Å². The van der Waals surface area contributed by atoms with Crippen molar-refractivity contribution in [2.24, 2.45) is 5.92 Å². The van der Waals surface area contributed by atoms with Crippen LogP contribution in [0.4, 0.5) is 10.1 Å². The van der Waals surface area contributed by atoms with E-state index in [1.165, 1.54) is 6.07 Å². The second-order valence-corrected chi connectivity index (χ2v) is 6.47. The first-order chi connectivity index (χ1) is 11.7. The van der Waals surface area contributed by atoms with Gasteiger partial charge in [0.15, 0.2) is 0 Å². The summed E-state index contributed by atoms with van der Waals surface area (Å²) in [7, 11) is 0. The van der Waals surface area contributed by atoms with Crippen molar-refractivity contribution in [1.29, 1.82) is 0 Å². The zero-order valence-electron chi connectivity index (χ0n) is 13.7. The van der Waals surface area contributed by atoms with Gasteiger partial charge in [-0.25, -0.2) is 9.37 Å². The molecule has 1 aliphatic heterocycles. The van der Waals surface area contributed by atoms with E-state index in [1.54, 1.807) is 12.3 Å². The number of aryl methyl sites for hydroxylation is 1. The van der Waals surface area contributed by atoms with E-state index >= 15 is 0 Å². The Bertz CT molecular complexity index is 838. The first-order valence-corrected chi connectivity index (χ1v) is 8.35. The molecule has 124 valence electrons. The maximum Gasteiger partial charge on any atom is 0.149 e. The third-order valence-electron chi connectivity index (χ3n) is 4.77. The Labute approximate surface area is 140 Å². The van der Waals surface area contributed by atoms with E-state index in [4.69, 9.17) is 0 Å². The number of anilines is 1. The first kappa shape index (κ1) is 15.1. The molecule has 2 aromatic heterocycles. The van der Waals surface area contributed by atoms with Gasteiger partial charge < -0.3 is 4.90 Å². The number of hydrogen-bond acceptors (Lipinski definition) is 4. The Morgan fingerprint density at radius 3 is 2.83 bits per heavy atom. The smallest absolute Gasteiger partial charge is 0.149 e. The van der Waals surface area contributed by atoms with Gasteiger partial charge in [-0.3, -0.25) is 4.68 Å². The highest BCUT2D eigenvalue weighted by atomic mass is 19.1. The standard InChI is InChI=1S/C18H20FN5/c1-13-11-17(15-3-2-4-16(19)18(15)21-13)23-8-5-14(6-9-23)12-24-10-7-20-22-24/h2-4,7,10-11,14H,5-6,8-9,12H2,1H3. The van der Waals surface area contributed by atoms with Gasteiger partial charge in [0.2, 0.25) is 0 Å². The van der Waals surface area contributed by atoms with Crippen molar-refractivity contribution in [3.8, 4) is 0 Å². The van der Waals surface area contributed by atoms with Crippen molar-refractivity contribution < 1.29 is 4.39 Å². The lowest BCUT2D eigenvalue weighted by Gasteiger charge is -2.34. The van der Waals surface area contributed by atoms with Crippen LogP contribution >= 0.6 is 0 Å². The molecule has 3 heterocycles. The maximum atomic E-state index is 14.1. The van der Waals surface area contributed by atoms with Crippen molar-refractivity contribution in [2.75, 3.05) is 18.0 Å². The molecule has 0 bridgehead atoms. The molecule has 1 aliphatic rings. The molecular formula is C18H20FN5. The summed E-state index contributed by atoms with van der Waals surface area (Å²) in [5.41, 5.74) is 2.42. The van der Waals surface area contributed by atoms with Gasteiger partial charge in [0.25, 0.3) is 0 Å². The van der Waals surface area contributed by atoms with E-state index in [-0.39, 0.29) is 5.82 Å². The third-order valence-corrected chi connectivity index (χ3v) is 4.77. The Morgan fingerprint density at radius 2 is 2.08 bits per heavy atom. The van der Waals surface area contributed by atoms with E-state index < -0.39 is 0 Å². The number of para-hydroxylation sites is 1. The molecule has 1 fully saturated rings. The third kappa shape index (κ3) is 2.84. The molecule has 0 atom stereocenters. The number of halogens is 1. The topological polar surface area (TPSA) is 46.8 Å². The first-order valence-electron chi connectivity index (χ1n) is 8.35. The fraction of sp³-hybridized carbons (Fsp3) is 0.389. The summed E-state index contributed by atoms with van der Waals surface area (Å²) >= 11 is 0. The van der Waals surface area contributed by atoms with Gasteiger partial charge in [-0.05, 0) is 37.8 Å². The summed E-state index contributed by atoms with van der Waals surface area (Å²) in [5, 5.41) is 8.81. The highest BCUT2D eigenvalue weighted by Crippen LogP contribution is 2.31. The Morgan fingerprint density at radius 1 is 1.25 bits per heavy atom. The molecule has 3 aromatic rings. The predicted molar refractivity (Wildman–Crippen MR) is 91.4 cm³/mol. The summed E-state index contributed by atoms with van der Waals surface area (Å²) < 4.78 is 16.0. The van der Waals surface area contributed by atoms with E-state index in [0.717, 1.165) is 49.2 Å². The van der Waals surface area contributed by atoms with E-state index in [0.29, 0.717) is 11.4 Å². The van der Waals surface area contributed by atoms with Crippen LogP contribution in [0.2, 0.25) is 0 Å². The predicted octanol–water partition coefficient (Wildman–Crippen LogP) is 3.19. The average Bonchev–Trinajstić information content (AvgIpc) is 3.09. The van der Waals surface area contributed by atoms with Crippen LogP contribution < -0.4 is 4.90 Å². The van der Waals surface area contributed by atoms with Crippen molar-refractivity contribution in [1.82, 2.24) is 20.0 Å². The number of hydrogen-bond donors (Lipinski definition) is 0. The number of aromatic nitrogens is 4. The van der Waals surface area contributed by atoms with Gasteiger partial charge in [0.05, 0.1) is 6.20 Å². The van der Waals surface area contributed by atoms with Gasteiger partial charge in [-0.2, -0.15) is 0 Å². The molecule has 0 N–H and O–H groups in total. The Hall–Kier alpha value is -2.50. The second kappa shape index (κ2) is 6.19. The van der Waals surface area contributed by atoms with Crippen LogP contribution in [0.1, 0.15) is 18.5 Å². The number of rotatable bonds is 3. The number of fused-ring (bicyclic) bond motifs is 1. The average molecular weight is 325 g/mol. The monoisotopic (exact) mass is 325 g/mol. The molecule has 0 spiro atoms. The summed E-state index contributed by atoms with van der Waals surface area (Å²) in [6, 6.07) is 7.26. The fourth-order valence-corrected chi connectivity index (χ4v) is 3.53. The van der Waals surface area contributed by atoms with E-state index in [9.17, 15) is 4.39 Å². The maximum absolute atomic E-state index is 14.1. The van der Waals surface area contributed by atoms with E-state index in [2.05, 4.69) is 26.3 Å². The summed E-state index contributed by atoms with van der Waals surface area (Å²) in [5.74, 6) is 0.354. The molecule has 24 heavy (non-hydrogen) atoms. The highest BCUT2D eigenvalue weighted by molar-refractivity contribution is 5.92. The van der Waals surface area contributed by atoms with Crippen LogP contribution in [0.15, 0.2) is 36.7 Å².